The highest BCUT2D eigenvalue weighted by Crippen LogP contribution is 2.33. The molecule has 1 aliphatic carbocycles. The molecule has 0 nitrogen and oxygen atoms in total. The summed E-state index contributed by atoms with van der Waals surface area (Å²) in [5, 5.41) is 0. The van der Waals surface area contributed by atoms with E-state index >= 15 is 0 Å². The van der Waals surface area contributed by atoms with E-state index in [9.17, 15) is 0 Å². The minimum Gasteiger partial charge on any atom is -0.145 e. The van der Waals surface area contributed by atoms with Crippen molar-refractivity contribution < 1.29 is 0 Å². The van der Waals surface area contributed by atoms with Crippen molar-refractivity contribution in [2.45, 2.75) is 33.1 Å². The van der Waals surface area contributed by atoms with Crippen molar-refractivity contribution in [2.75, 3.05) is 0 Å². The van der Waals surface area contributed by atoms with E-state index in [1.54, 1.807) is 10.4 Å². The van der Waals surface area contributed by atoms with E-state index in [4.69, 9.17) is 0 Å². The Morgan fingerprint density at radius 3 is 2.91 bits per heavy atom. The third-order valence-corrected chi connectivity index (χ3v) is 3.75. The van der Waals surface area contributed by atoms with Crippen LogP contribution < -0.4 is 0 Å². The van der Waals surface area contributed by atoms with Crippen LogP contribution in [0.3, 0.4) is 0 Å². The van der Waals surface area contributed by atoms with Crippen LogP contribution in [0.4, 0.5) is 0 Å². The first kappa shape index (κ1) is 7.35. The molecule has 1 aromatic heterocycles. The highest BCUT2D eigenvalue weighted by atomic mass is 32.1. The van der Waals surface area contributed by atoms with Gasteiger partial charge in [0.25, 0.3) is 0 Å². The van der Waals surface area contributed by atoms with E-state index < -0.39 is 0 Å². The van der Waals surface area contributed by atoms with E-state index in [1.165, 1.54) is 29.7 Å². The molecule has 1 aromatic rings. The predicted molar refractivity (Wildman–Crippen MR) is 50.1 cm³/mol. The summed E-state index contributed by atoms with van der Waals surface area (Å²) in [5.41, 5.74) is 3.07. The lowest BCUT2D eigenvalue weighted by molar-refractivity contribution is 0.787. The van der Waals surface area contributed by atoms with E-state index in [0.717, 1.165) is 0 Å². The molecule has 1 aliphatic rings. The average Bonchev–Trinajstić information content (AvgIpc) is 2.30. The topological polar surface area (TPSA) is 0 Å². The summed E-state index contributed by atoms with van der Waals surface area (Å²) in [4.78, 5) is 3.12. The molecule has 11 heavy (non-hydrogen) atoms. The average molecular weight is 165 g/mol. The Balaban J connectivity index is 2.50. The van der Waals surface area contributed by atoms with E-state index in [0.29, 0.717) is 0 Å². The monoisotopic (exact) mass is 165 g/mol. The standard InChI is InChI=1S/C10H13S/c1-7-8(2)11-10-6-4-3-5-9(7)10/h5H,3-4,6H2,1-2H3. The van der Waals surface area contributed by atoms with E-state index in [-0.39, 0.29) is 0 Å². The Hall–Kier alpha value is -0.300. The molecule has 0 spiro atoms. The number of fused-ring (bicyclic) bond motifs is 1. The summed E-state index contributed by atoms with van der Waals surface area (Å²) < 4.78 is 0. The van der Waals surface area contributed by atoms with Crippen LogP contribution in [0.15, 0.2) is 0 Å². The van der Waals surface area contributed by atoms with Crippen LogP contribution >= 0.6 is 11.3 Å². The number of aryl methyl sites for hydroxylation is 2. The Kier molecular flexibility index (Phi) is 1.76. The molecule has 1 heteroatoms. The molecule has 2 rings (SSSR count). The van der Waals surface area contributed by atoms with Gasteiger partial charge in [0.15, 0.2) is 0 Å². The molecule has 0 unspecified atom stereocenters. The van der Waals surface area contributed by atoms with E-state index in [1.807, 2.05) is 11.3 Å². The lowest BCUT2D eigenvalue weighted by Gasteiger charge is -2.10. The fourth-order valence-electron chi connectivity index (χ4n) is 1.68. The van der Waals surface area contributed by atoms with Crippen molar-refractivity contribution in [1.29, 1.82) is 0 Å². The molecule has 0 amide bonds. The van der Waals surface area contributed by atoms with Crippen LogP contribution in [0.25, 0.3) is 0 Å². The van der Waals surface area contributed by atoms with Gasteiger partial charge in [0.1, 0.15) is 0 Å². The molecular weight excluding hydrogens is 152 g/mol. The van der Waals surface area contributed by atoms with Crippen LogP contribution in [0.1, 0.15) is 33.7 Å². The van der Waals surface area contributed by atoms with Gasteiger partial charge in [-0.05, 0) is 50.7 Å². The molecule has 0 fully saturated rings. The first-order chi connectivity index (χ1) is 5.29. The zero-order chi connectivity index (χ0) is 7.84. The van der Waals surface area contributed by atoms with Gasteiger partial charge < -0.3 is 0 Å². The van der Waals surface area contributed by atoms with Gasteiger partial charge in [0.2, 0.25) is 0 Å². The molecule has 0 bridgehead atoms. The van der Waals surface area contributed by atoms with Crippen LogP contribution in [0.5, 0.6) is 0 Å². The van der Waals surface area contributed by atoms with Crippen LogP contribution in [-0.4, -0.2) is 0 Å². The largest absolute Gasteiger partial charge is 0.145 e. The zero-order valence-corrected chi connectivity index (χ0v) is 7.92. The van der Waals surface area contributed by atoms with E-state index in [2.05, 4.69) is 20.3 Å². The molecule has 1 radical (unpaired) electrons. The SMILES string of the molecule is Cc1sc2c(c1C)[CH]CCC2. The molecule has 0 aromatic carbocycles. The van der Waals surface area contributed by atoms with Crippen molar-refractivity contribution in [1.82, 2.24) is 0 Å². The predicted octanol–water partition coefficient (Wildman–Crippen LogP) is 3.25. The third kappa shape index (κ3) is 1.12. The molecule has 0 saturated carbocycles. The van der Waals surface area contributed by atoms with Crippen LogP contribution in [0.2, 0.25) is 0 Å². The second-order valence-electron chi connectivity index (χ2n) is 3.22. The van der Waals surface area contributed by atoms with Gasteiger partial charge >= 0.3 is 0 Å². The summed E-state index contributed by atoms with van der Waals surface area (Å²) in [6, 6.07) is 0. The lowest BCUT2D eigenvalue weighted by atomic mass is 9.96. The normalized spacial score (nSPS) is 16.5. The minimum absolute atomic E-state index is 1.28. The van der Waals surface area contributed by atoms with Gasteiger partial charge in [-0.1, -0.05) is 0 Å². The molecule has 59 valence electrons. The fourth-order valence-corrected chi connectivity index (χ4v) is 2.90. The maximum absolute atomic E-state index is 2.40. The molecule has 0 N–H and O–H groups in total. The summed E-state index contributed by atoms with van der Waals surface area (Å²) in [6.45, 7) is 4.47. The number of hydrogen-bond donors (Lipinski definition) is 0. The second-order valence-corrected chi connectivity index (χ2v) is 4.53. The zero-order valence-electron chi connectivity index (χ0n) is 7.11. The fraction of sp³-hybridized carbons (Fsp3) is 0.500. The maximum Gasteiger partial charge on any atom is 0.00858 e. The quantitative estimate of drug-likeness (QED) is 0.553. The molecular formula is C10H13S. The Bertz CT molecular complexity index is 271. The van der Waals surface area contributed by atoms with Crippen LogP contribution in [-0.2, 0) is 6.42 Å². The first-order valence-corrected chi connectivity index (χ1v) is 5.03. The molecule has 0 aliphatic heterocycles. The van der Waals surface area contributed by atoms with Crippen molar-refractivity contribution in [3.8, 4) is 0 Å². The maximum atomic E-state index is 2.40. The van der Waals surface area contributed by atoms with Gasteiger partial charge in [0, 0.05) is 9.75 Å². The first-order valence-electron chi connectivity index (χ1n) is 4.21. The van der Waals surface area contributed by atoms with Crippen LogP contribution in [0, 0.1) is 20.3 Å². The Morgan fingerprint density at radius 1 is 1.36 bits per heavy atom. The smallest absolute Gasteiger partial charge is 0.00858 e. The molecule has 1 heterocycles. The highest BCUT2D eigenvalue weighted by molar-refractivity contribution is 7.12. The van der Waals surface area contributed by atoms with Crippen molar-refractivity contribution in [3.05, 3.63) is 27.3 Å². The summed E-state index contributed by atoms with van der Waals surface area (Å²) in [7, 11) is 0. The summed E-state index contributed by atoms with van der Waals surface area (Å²) >= 11 is 1.99. The van der Waals surface area contributed by atoms with Crippen molar-refractivity contribution >= 4 is 11.3 Å². The Morgan fingerprint density at radius 2 is 2.18 bits per heavy atom. The lowest BCUT2D eigenvalue weighted by Crippen LogP contribution is -1.96. The van der Waals surface area contributed by atoms with Crippen molar-refractivity contribution in [2.24, 2.45) is 0 Å². The van der Waals surface area contributed by atoms with Gasteiger partial charge in [-0.15, -0.1) is 11.3 Å². The number of hydrogen-bond acceptors (Lipinski definition) is 1. The number of thiophene rings is 1. The summed E-state index contributed by atoms with van der Waals surface area (Å²) in [5.74, 6) is 0. The van der Waals surface area contributed by atoms with Gasteiger partial charge in [-0.25, -0.2) is 0 Å². The number of rotatable bonds is 0. The Labute approximate surface area is 72.3 Å². The second kappa shape index (κ2) is 2.63. The highest BCUT2D eigenvalue weighted by Gasteiger charge is 2.15. The minimum atomic E-state index is 1.28. The third-order valence-electron chi connectivity index (χ3n) is 2.47. The summed E-state index contributed by atoms with van der Waals surface area (Å²) in [6.07, 6.45) is 6.35. The molecule has 0 saturated heterocycles. The van der Waals surface area contributed by atoms with Gasteiger partial charge in [-0.3, -0.25) is 0 Å². The van der Waals surface area contributed by atoms with Gasteiger partial charge in [-0.2, -0.15) is 0 Å². The van der Waals surface area contributed by atoms with Gasteiger partial charge in [0.05, 0.1) is 0 Å². The molecule has 0 atom stereocenters. The van der Waals surface area contributed by atoms with Crippen molar-refractivity contribution in [3.63, 3.8) is 0 Å².